The molecule has 4 nitrogen and oxygen atoms in total. The van der Waals surface area contributed by atoms with Gasteiger partial charge in [0, 0.05) is 0 Å². The number of hydrogen-bond acceptors (Lipinski definition) is 4. The van der Waals surface area contributed by atoms with E-state index in [4.69, 9.17) is 5.48 Å². The van der Waals surface area contributed by atoms with E-state index in [9.17, 15) is 9.59 Å². The number of rotatable bonds is 2. The molecular formula is C10H10O4. The molecule has 0 heterocycles. The lowest BCUT2D eigenvalue weighted by Gasteiger charge is -2.00. The van der Waals surface area contributed by atoms with E-state index in [1.807, 2.05) is 0 Å². The molecule has 0 spiro atoms. The van der Waals surface area contributed by atoms with Crippen LogP contribution in [-0.2, 0) is 9.47 Å². The van der Waals surface area contributed by atoms with Crippen molar-refractivity contribution in [3.63, 3.8) is 0 Å². The lowest BCUT2D eigenvalue weighted by molar-refractivity contribution is 0.0586. The molecule has 0 amide bonds. The summed E-state index contributed by atoms with van der Waals surface area (Å²) in [5.74, 6) is -1.99. The summed E-state index contributed by atoms with van der Waals surface area (Å²) in [5.41, 5.74) is -1.03. The van der Waals surface area contributed by atoms with Crippen molar-refractivity contribution in [2.75, 3.05) is 14.2 Å². The van der Waals surface area contributed by atoms with Crippen molar-refractivity contribution in [2.45, 2.75) is 0 Å². The predicted octanol–water partition coefficient (Wildman–Crippen LogP) is 1.26. The maximum absolute atomic E-state index is 11.4. The van der Waals surface area contributed by atoms with E-state index in [2.05, 4.69) is 9.47 Å². The first-order valence-corrected chi connectivity index (χ1v) is 3.63. The molecule has 1 rings (SSSR count). The van der Waals surface area contributed by atoms with Crippen LogP contribution in [0.2, 0.25) is 0 Å². The minimum atomic E-state index is -0.997. The van der Waals surface area contributed by atoms with Gasteiger partial charge < -0.3 is 9.47 Å². The van der Waals surface area contributed by atoms with Crippen LogP contribution in [0.15, 0.2) is 24.2 Å². The van der Waals surface area contributed by atoms with Gasteiger partial charge in [-0.3, -0.25) is 0 Å². The Morgan fingerprint density at radius 3 is 1.50 bits per heavy atom. The fourth-order valence-electron chi connectivity index (χ4n) is 0.721. The number of methoxy groups -OCH3 is 2. The zero-order valence-corrected chi connectivity index (χ0v) is 7.63. The number of benzene rings is 1. The molecule has 0 aromatic heterocycles. The molecule has 1 aromatic carbocycles. The van der Waals surface area contributed by atoms with Gasteiger partial charge in [-0.25, -0.2) is 9.59 Å². The average molecular weight is 198 g/mol. The van der Waals surface area contributed by atoms with E-state index >= 15 is 0 Å². The van der Waals surface area contributed by atoms with E-state index in [1.54, 1.807) is 0 Å². The molecule has 0 aliphatic rings. The number of esters is 2. The van der Waals surface area contributed by atoms with Crippen molar-refractivity contribution in [3.05, 3.63) is 35.3 Å². The van der Waals surface area contributed by atoms with Gasteiger partial charge in [0.2, 0.25) is 0 Å². The molecule has 14 heavy (non-hydrogen) atoms. The van der Waals surface area contributed by atoms with Crippen LogP contribution in [0.1, 0.15) is 26.2 Å². The van der Waals surface area contributed by atoms with Crippen LogP contribution in [0.25, 0.3) is 0 Å². The Balaban J connectivity index is 3.66. The molecule has 0 aliphatic heterocycles. The molecule has 0 saturated carbocycles. The molecule has 0 aliphatic carbocycles. The van der Waals surface area contributed by atoms with Crippen molar-refractivity contribution in [2.24, 2.45) is 0 Å². The summed E-state index contributed by atoms with van der Waals surface area (Å²) >= 11 is 0. The van der Waals surface area contributed by atoms with Crippen molar-refractivity contribution in [3.8, 4) is 0 Å². The molecule has 0 bridgehead atoms. The highest BCUT2D eigenvalue weighted by Crippen LogP contribution is 2.06. The van der Waals surface area contributed by atoms with Gasteiger partial charge in [0.15, 0.2) is 0 Å². The van der Waals surface area contributed by atoms with E-state index in [1.165, 1.54) is 0 Å². The molecule has 0 unspecified atom stereocenters. The Labute approximate surface area is 87.1 Å². The van der Waals surface area contributed by atoms with Crippen LogP contribution in [0.3, 0.4) is 0 Å². The van der Waals surface area contributed by atoms with Gasteiger partial charge in [-0.05, 0) is 24.2 Å². The lowest BCUT2D eigenvalue weighted by atomic mass is 10.1. The van der Waals surface area contributed by atoms with Crippen molar-refractivity contribution in [1.29, 1.82) is 0 Å². The molecule has 0 N–H and O–H groups in total. The fourth-order valence-corrected chi connectivity index (χ4v) is 0.721. The van der Waals surface area contributed by atoms with Crippen molar-refractivity contribution < 1.29 is 24.5 Å². The summed E-state index contributed by atoms with van der Waals surface area (Å²) in [6, 6.07) is -2.54. The van der Waals surface area contributed by atoms with Gasteiger partial charge in [-0.2, -0.15) is 0 Å². The molecule has 0 atom stereocenters. The van der Waals surface area contributed by atoms with Gasteiger partial charge in [-0.1, -0.05) is 0 Å². The van der Waals surface area contributed by atoms with Gasteiger partial charge in [0.25, 0.3) is 0 Å². The summed E-state index contributed by atoms with van der Waals surface area (Å²) < 4.78 is 39.1. The monoisotopic (exact) mass is 198 g/mol. The van der Waals surface area contributed by atoms with Gasteiger partial charge >= 0.3 is 11.9 Å². The SMILES string of the molecule is [2H]c1c([2H])c(C(=O)OC)c([2H])c([2H])c1C(=O)OC. The normalized spacial score (nSPS) is 13.3. The molecule has 4 heteroatoms. The van der Waals surface area contributed by atoms with Gasteiger partial charge in [0.1, 0.15) is 0 Å². The minimum absolute atomic E-state index is 0.514. The van der Waals surface area contributed by atoms with Crippen LogP contribution in [-0.4, -0.2) is 26.2 Å². The standard InChI is InChI=1S/C10H10O4/c1-13-9(11)7-3-5-8(6-4-7)10(12)14-2/h3-6H,1-2H3/i3D,4D,5D,6D. The quantitative estimate of drug-likeness (QED) is 0.671. The Hall–Kier alpha value is -1.84. The molecule has 74 valence electrons. The minimum Gasteiger partial charge on any atom is -0.465 e. The number of hydrogen-bond donors (Lipinski definition) is 0. The third-order valence-electron chi connectivity index (χ3n) is 1.40. The maximum atomic E-state index is 11.4. The lowest BCUT2D eigenvalue weighted by Crippen LogP contribution is -2.04. The first-order chi connectivity index (χ1) is 8.36. The summed E-state index contributed by atoms with van der Waals surface area (Å²) in [4.78, 5) is 22.7. The predicted molar refractivity (Wildman–Crippen MR) is 49.1 cm³/mol. The Morgan fingerprint density at radius 2 is 1.29 bits per heavy atom. The highest BCUT2D eigenvalue weighted by molar-refractivity contribution is 5.93. The van der Waals surface area contributed by atoms with Gasteiger partial charge in [0.05, 0.1) is 30.8 Å². The van der Waals surface area contributed by atoms with E-state index in [0.717, 1.165) is 14.2 Å². The molecule has 0 saturated heterocycles. The Kier molecular flexibility index (Phi) is 1.83. The van der Waals surface area contributed by atoms with E-state index in [0.29, 0.717) is 0 Å². The topological polar surface area (TPSA) is 52.6 Å². The smallest absolute Gasteiger partial charge is 0.337 e. The third-order valence-corrected chi connectivity index (χ3v) is 1.40. The second-order valence-electron chi connectivity index (χ2n) is 2.23. The Bertz CT molecular complexity index is 451. The van der Waals surface area contributed by atoms with E-state index < -0.39 is 47.2 Å². The fraction of sp³-hybridized carbons (Fsp3) is 0.200. The molecule has 1 aromatic rings. The van der Waals surface area contributed by atoms with E-state index in [-0.39, 0.29) is 0 Å². The highest BCUT2D eigenvalue weighted by atomic mass is 16.5. The Morgan fingerprint density at radius 1 is 1.00 bits per heavy atom. The van der Waals surface area contributed by atoms with Crippen LogP contribution >= 0.6 is 0 Å². The molecule has 0 radical (unpaired) electrons. The van der Waals surface area contributed by atoms with Crippen LogP contribution in [0.4, 0.5) is 0 Å². The number of ether oxygens (including phenoxy) is 2. The van der Waals surface area contributed by atoms with Crippen LogP contribution in [0.5, 0.6) is 0 Å². The van der Waals surface area contributed by atoms with Crippen LogP contribution < -0.4 is 0 Å². The second-order valence-corrected chi connectivity index (χ2v) is 2.23. The van der Waals surface area contributed by atoms with Crippen molar-refractivity contribution >= 4 is 11.9 Å². The van der Waals surface area contributed by atoms with Gasteiger partial charge in [-0.15, -0.1) is 0 Å². The van der Waals surface area contributed by atoms with Crippen molar-refractivity contribution in [1.82, 2.24) is 0 Å². The first kappa shape index (κ1) is 5.80. The number of carbonyl (C=O) groups is 2. The number of carbonyl (C=O) groups excluding carboxylic acids is 2. The highest BCUT2D eigenvalue weighted by Gasteiger charge is 2.08. The maximum Gasteiger partial charge on any atom is 0.337 e. The van der Waals surface area contributed by atoms with Crippen LogP contribution in [0, 0.1) is 0 Å². The molecular weight excluding hydrogens is 184 g/mol. The third kappa shape index (κ3) is 2.10. The first-order valence-electron chi connectivity index (χ1n) is 5.63. The zero-order valence-electron chi connectivity index (χ0n) is 11.6. The summed E-state index contributed by atoms with van der Waals surface area (Å²) in [6.07, 6.45) is 0. The molecule has 0 fully saturated rings. The average Bonchev–Trinajstić information content (AvgIpc) is 2.36. The zero-order chi connectivity index (χ0) is 14.0. The summed E-state index contributed by atoms with van der Waals surface area (Å²) in [6.45, 7) is 0. The summed E-state index contributed by atoms with van der Waals surface area (Å²) in [7, 11) is 2.12. The second kappa shape index (κ2) is 4.41. The largest absolute Gasteiger partial charge is 0.465 e. The summed E-state index contributed by atoms with van der Waals surface area (Å²) in [5, 5.41) is 0.